The first-order chi connectivity index (χ1) is 8.65. The van der Waals surface area contributed by atoms with Crippen LogP contribution in [0.3, 0.4) is 0 Å². The van der Waals surface area contributed by atoms with Crippen molar-refractivity contribution < 1.29 is 14.1 Å². The number of fused-ring (bicyclic) bond motifs is 1. The van der Waals surface area contributed by atoms with Crippen molar-refractivity contribution >= 4 is 11.8 Å². The van der Waals surface area contributed by atoms with Crippen LogP contribution in [0.4, 0.5) is 0 Å². The first kappa shape index (κ1) is 11.3. The van der Waals surface area contributed by atoms with E-state index < -0.39 is 0 Å². The van der Waals surface area contributed by atoms with Crippen molar-refractivity contribution in [3.63, 3.8) is 0 Å². The van der Waals surface area contributed by atoms with Gasteiger partial charge in [-0.2, -0.15) is 0 Å². The van der Waals surface area contributed by atoms with Gasteiger partial charge in [0.1, 0.15) is 0 Å². The number of amides is 2. The van der Waals surface area contributed by atoms with Crippen LogP contribution in [0.1, 0.15) is 29.1 Å². The van der Waals surface area contributed by atoms with E-state index >= 15 is 0 Å². The van der Waals surface area contributed by atoms with Crippen molar-refractivity contribution in [2.24, 2.45) is 0 Å². The summed E-state index contributed by atoms with van der Waals surface area (Å²) in [6.45, 7) is 3.58. The van der Waals surface area contributed by atoms with Crippen LogP contribution in [0.25, 0.3) is 0 Å². The number of nitrogens with zero attached hydrogens (tertiary/aromatic N) is 3. The van der Waals surface area contributed by atoms with Gasteiger partial charge in [-0.25, -0.2) is 0 Å². The highest BCUT2D eigenvalue weighted by Crippen LogP contribution is 2.23. The molecule has 3 rings (SSSR count). The van der Waals surface area contributed by atoms with Crippen LogP contribution in [0, 0.1) is 6.92 Å². The first-order valence-electron chi connectivity index (χ1n) is 6.17. The van der Waals surface area contributed by atoms with Gasteiger partial charge >= 0.3 is 0 Å². The van der Waals surface area contributed by atoms with Gasteiger partial charge in [0, 0.05) is 38.2 Å². The number of aromatic nitrogens is 1. The molecule has 0 spiro atoms. The van der Waals surface area contributed by atoms with E-state index in [4.69, 9.17) is 4.52 Å². The van der Waals surface area contributed by atoms with Crippen LogP contribution in [-0.2, 0) is 4.79 Å². The topological polar surface area (TPSA) is 66.7 Å². The van der Waals surface area contributed by atoms with E-state index in [1.54, 1.807) is 17.9 Å². The molecule has 6 nitrogen and oxygen atoms in total. The Morgan fingerprint density at radius 1 is 1.50 bits per heavy atom. The maximum atomic E-state index is 12.2. The molecule has 0 saturated carbocycles. The summed E-state index contributed by atoms with van der Waals surface area (Å²) in [5.41, 5.74) is 0.702. The highest BCUT2D eigenvalue weighted by molar-refractivity contribution is 5.91. The summed E-state index contributed by atoms with van der Waals surface area (Å²) in [5.74, 6) is 0.363. The summed E-state index contributed by atoms with van der Waals surface area (Å²) >= 11 is 0. The van der Waals surface area contributed by atoms with E-state index in [2.05, 4.69) is 5.16 Å². The maximum Gasteiger partial charge on any atom is 0.292 e. The third-order valence-corrected chi connectivity index (χ3v) is 3.62. The van der Waals surface area contributed by atoms with Crippen LogP contribution in [0.15, 0.2) is 10.6 Å². The predicted molar refractivity (Wildman–Crippen MR) is 61.9 cm³/mol. The second-order valence-corrected chi connectivity index (χ2v) is 4.86. The summed E-state index contributed by atoms with van der Waals surface area (Å²) < 4.78 is 4.99. The zero-order chi connectivity index (χ0) is 12.7. The minimum Gasteiger partial charge on any atom is -0.351 e. The SMILES string of the molecule is Cc1cc(C(=O)N2CCN3C(=O)CCC3C2)on1. The molecule has 1 aromatic heterocycles. The number of carbonyl (C=O) groups is 2. The number of piperazine rings is 1. The molecule has 6 heteroatoms. The molecule has 3 heterocycles. The van der Waals surface area contributed by atoms with Crippen LogP contribution in [0.5, 0.6) is 0 Å². The number of hydrogen-bond acceptors (Lipinski definition) is 4. The van der Waals surface area contributed by atoms with Gasteiger partial charge in [-0.05, 0) is 13.3 Å². The van der Waals surface area contributed by atoms with Gasteiger partial charge in [0.2, 0.25) is 11.7 Å². The van der Waals surface area contributed by atoms with E-state index in [0.717, 1.165) is 6.42 Å². The number of carbonyl (C=O) groups excluding carboxylic acids is 2. The second-order valence-electron chi connectivity index (χ2n) is 4.86. The lowest BCUT2D eigenvalue weighted by Crippen LogP contribution is -2.53. The molecular formula is C12H15N3O3. The van der Waals surface area contributed by atoms with Gasteiger partial charge in [-0.1, -0.05) is 5.16 Å². The molecule has 2 aliphatic heterocycles. The molecule has 0 bridgehead atoms. The summed E-state index contributed by atoms with van der Waals surface area (Å²) in [6.07, 6.45) is 1.45. The lowest BCUT2D eigenvalue weighted by atomic mass is 10.1. The molecule has 0 N–H and O–H groups in total. The third-order valence-electron chi connectivity index (χ3n) is 3.62. The van der Waals surface area contributed by atoms with Gasteiger partial charge in [-0.3, -0.25) is 9.59 Å². The van der Waals surface area contributed by atoms with Crippen molar-refractivity contribution in [3.8, 4) is 0 Å². The van der Waals surface area contributed by atoms with Crippen LogP contribution >= 0.6 is 0 Å². The Morgan fingerprint density at radius 3 is 3.06 bits per heavy atom. The maximum absolute atomic E-state index is 12.2. The Labute approximate surface area is 105 Å². The molecule has 1 unspecified atom stereocenters. The van der Waals surface area contributed by atoms with E-state index in [1.807, 2.05) is 4.90 Å². The molecule has 2 aliphatic rings. The number of hydrogen-bond donors (Lipinski definition) is 0. The Bertz CT molecular complexity index is 497. The standard InChI is InChI=1S/C12H15N3O3/c1-8-6-10(18-13-8)12(17)14-4-5-15-9(7-14)2-3-11(15)16/h6,9H,2-5,7H2,1H3. The molecule has 0 radical (unpaired) electrons. The van der Waals surface area contributed by atoms with Gasteiger partial charge < -0.3 is 14.3 Å². The molecule has 96 valence electrons. The lowest BCUT2D eigenvalue weighted by molar-refractivity contribution is -0.130. The van der Waals surface area contributed by atoms with Gasteiger partial charge in [0.05, 0.1) is 5.69 Å². The molecule has 18 heavy (non-hydrogen) atoms. The molecule has 0 aromatic carbocycles. The highest BCUT2D eigenvalue weighted by atomic mass is 16.5. The smallest absolute Gasteiger partial charge is 0.292 e. The quantitative estimate of drug-likeness (QED) is 0.724. The Morgan fingerprint density at radius 2 is 2.33 bits per heavy atom. The van der Waals surface area contributed by atoms with Crippen molar-refractivity contribution in [2.75, 3.05) is 19.6 Å². The van der Waals surface area contributed by atoms with Crippen molar-refractivity contribution in [1.29, 1.82) is 0 Å². The Balaban J connectivity index is 1.71. The van der Waals surface area contributed by atoms with Crippen molar-refractivity contribution in [1.82, 2.24) is 15.0 Å². The summed E-state index contributed by atoms with van der Waals surface area (Å²) in [6, 6.07) is 1.83. The minimum atomic E-state index is -0.130. The molecule has 1 aromatic rings. The normalized spacial score (nSPS) is 23.4. The van der Waals surface area contributed by atoms with E-state index in [0.29, 0.717) is 31.7 Å². The number of aryl methyl sites for hydroxylation is 1. The average Bonchev–Trinajstić information content (AvgIpc) is 2.95. The van der Waals surface area contributed by atoms with Crippen molar-refractivity contribution in [2.45, 2.75) is 25.8 Å². The lowest BCUT2D eigenvalue weighted by Gasteiger charge is -2.37. The Hall–Kier alpha value is -1.85. The second kappa shape index (κ2) is 4.12. The molecule has 2 fully saturated rings. The summed E-state index contributed by atoms with van der Waals surface area (Å²) in [7, 11) is 0. The fourth-order valence-corrected chi connectivity index (χ4v) is 2.67. The largest absolute Gasteiger partial charge is 0.351 e. The number of rotatable bonds is 1. The van der Waals surface area contributed by atoms with Gasteiger partial charge in [0.15, 0.2) is 0 Å². The monoisotopic (exact) mass is 249 g/mol. The van der Waals surface area contributed by atoms with E-state index in [-0.39, 0.29) is 23.6 Å². The molecule has 2 amide bonds. The highest BCUT2D eigenvalue weighted by Gasteiger charge is 2.37. The van der Waals surface area contributed by atoms with E-state index in [9.17, 15) is 9.59 Å². The predicted octanol–water partition coefficient (Wildman–Crippen LogP) is 0.430. The zero-order valence-electron chi connectivity index (χ0n) is 10.3. The van der Waals surface area contributed by atoms with E-state index in [1.165, 1.54) is 0 Å². The Kier molecular flexibility index (Phi) is 2.57. The molecule has 2 saturated heterocycles. The molecular weight excluding hydrogens is 234 g/mol. The minimum absolute atomic E-state index is 0.130. The van der Waals surface area contributed by atoms with Crippen LogP contribution < -0.4 is 0 Å². The third kappa shape index (κ3) is 1.77. The van der Waals surface area contributed by atoms with Crippen molar-refractivity contribution in [3.05, 3.63) is 17.5 Å². The molecule has 0 aliphatic carbocycles. The first-order valence-corrected chi connectivity index (χ1v) is 6.17. The fraction of sp³-hybridized carbons (Fsp3) is 0.583. The van der Waals surface area contributed by atoms with Gasteiger partial charge in [-0.15, -0.1) is 0 Å². The molecule has 1 atom stereocenters. The zero-order valence-corrected chi connectivity index (χ0v) is 10.3. The fourth-order valence-electron chi connectivity index (χ4n) is 2.67. The summed E-state index contributed by atoms with van der Waals surface area (Å²) in [5, 5.41) is 3.72. The average molecular weight is 249 g/mol. The van der Waals surface area contributed by atoms with Crippen LogP contribution in [0.2, 0.25) is 0 Å². The summed E-state index contributed by atoms with van der Waals surface area (Å²) in [4.78, 5) is 27.4. The van der Waals surface area contributed by atoms with Gasteiger partial charge in [0.25, 0.3) is 5.91 Å². The van der Waals surface area contributed by atoms with Crippen LogP contribution in [-0.4, -0.2) is 52.4 Å².